The quantitative estimate of drug-likeness (QED) is 0.480. The molecule has 0 unspecified atom stereocenters. The minimum absolute atomic E-state index is 0.0623. The molecule has 0 atom stereocenters. The molecule has 0 aliphatic heterocycles. The van der Waals surface area contributed by atoms with Gasteiger partial charge in [-0.25, -0.2) is 23.4 Å². The van der Waals surface area contributed by atoms with Crippen molar-refractivity contribution in [1.29, 1.82) is 0 Å². The molecule has 1 amide bonds. The standard InChI is InChI=1S/C21H19F2N5OS/c1-10-4-3-5-15-18(10)26-21(30-15)25-16(29)9-28-20-17(11(2)27-28)13(19(22)23)8-14(24-20)12-6-7-12/h3-5,8,12,19H,6-7,9H2,1-2H3,(H,25,26,29). The molecule has 1 aliphatic carbocycles. The van der Waals surface area contributed by atoms with E-state index in [4.69, 9.17) is 0 Å². The van der Waals surface area contributed by atoms with Gasteiger partial charge in [-0.3, -0.25) is 4.79 Å². The number of nitrogens with zero attached hydrogens (tertiary/aromatic N) is 4. The number of hydrogen-bond acceptors (Lipinski definition) is 5. The van der Waals surface area contributed by atoms with E-state index in [1.165, 1.54) is 22.1 Å². The molecule has 1 saturated carbocycles. The van der Waals surface area contributed by atoms with Crippen molar-refractivity contribution >= 4 is 43.6 Å². The number of alkyl halides is 2. The van der Waals surface area contributed by atoms with Crippen LogP contribution < -0.4 is 5.32 Å². The number of carbonyl (C=O) groups is 1. The van der Waals surface area contributed by atoms with E-state index in [0.29, 0.717) is 27.6 Å². The van der Waals surface area contributed by atoms with Crippen molar-refractivity contribution in [2.24, 2.45) is 0 Å². The van der Waals surface area contributed by atoms with E-state index in [1.807, 2.05) is 25.1 Å². The summed E-state index contributed by atoms with van der Waals surface area (Å²) < 4.78 is 29.8. The molecule has 4 aromatic rings. The summed E-state index contributed by atoms with van der Waals surface area (Å²) in [4.78, 5) is 21.7. The Morgan fingerprint density at radius 2 is 2.10 bits per heavy atom. The smallest absolute Gasteiger partial charge is 0.264 e. The second-order valence-electron chi connectivity index (χ2n) is 7.64. The number of halogens is 2. The van der Waals surface area contributed by atoms with Gasteiger partial charge >= 0.3 is 0 Å². The number of pyridine rings is 1. The Morgan fingerprint density at radius 1 is 1.30 bits per heavy atom. The maximum absolute atomic E-state index is 13.7. The number of benzene rings is 1. The molecule has 0 bridgehead atoms. The second kappa shape index (κ2) is 7.09. The molecular weight excluding hydrogens is 408 g/mol. The minimum atomic E-state index is -2.62. The van der Waals surface area contributed by atoms with Crippen molar-refractivity contribution in [3.05, 3.63) is 46.8 Å². The first-order valence-corrected chi connectivity index (χ1v) is 10.5. The first-order chi connectivity index (χ1) is 14.4. The zero-order chi connectivity index (χ0) is 21.0. The van der Waals surface area contributed by atoms with Gasteiger partial charge in [0, 0.05) is 17.2 Å². The van der Waals surface area contributed by atoms with E-state index in [1.54, 1.807) is 6.92 Å². The summed E-state index contributed by atoms with van der Waals surface area (Å²) in [6.07, 6.45) is -0.721. The van der Waals surface area contributed by atoms with Gasteiger partial charge in [-0.05, 0) is 44.4 Å². The van der Waals surface area contributed by atoms with E-state index in [9.17, 15) is 13.6 Å². The molecular formula is C21H19F2N5OS. The number of anilines is 1. The summed E-state index contributed by atoms with van der Waals surface area (Å²) in [5.41, 5.74) is 3.26. The number of aromatic nitrogens is 4. The maximum Gasteiger partial charge on any atom is 0.264 e. The van der Waals surface area contributed by atoms with Gasteiger partial charge in [0.15, 0.2) is 10.8 Å². The molecule has 6 nitrogen and oxygen atoms in total. The summed E-state index contributed by atoms with van der Waals surface area (Å²) in [5, 5.41) is 7.96. The van der Waals surface area contributed by atoms with Gasteiger partial charge in [0.25, 0.3) is 6.43 Å². The Labute approximate surface area is 174 Å². The van der Waals surface area contributed by atoms with Crippen molar-refractivity contribution < 1.29 is 13.6 Å². The summed E-state index contributed by atoms with van der Waals surface area (Å²) in [6.45, 7) is 3.51. The van der Waals surface area contributed by atoms with Crippen molar-refractivity contribution in [2.75, 3.05) is 5.32 Å². The van der Waals surface area contributed by atoms with Gasteiger partial charge in [0.2, 0.25) is 5.91 Å². The summed E-state index contributed by atoms with van der Waals surface area (Å²) >= 11 is 1.39. The van der Waals surface area contributed by atoms with Crippen LogP contribution in [0.4, 0.5) is 13.9 Å². The van der Waals surface area contributed by atoms with Crippen molar-refractivity contribution in [2.45, 2.75) is 45.6 Å². The van der Waals surface area contributed by atoms with E-state index in [2.05, 4.69) is 20.4 Å². The zero-order valence-electron chi connectivity index (χ0n) is 16.4. The summed E-state index contributed by atoms with van der Waals surface area (Å²) in [5.74, 6) is -0.108. The van der Waals surface area contributed by atoms with Crippen LogP contribution in [0.3, 0.4) is 0 Å². The fraction of sp³-hybridized carbons (Fsp3) is 0.333. The largest absolute Gasteiger partial charge is 0.300 e. The Balaban J connectivity index is 1.47. The van der Waals surface area contributed by atoms with E-state index in [0.717, 1.165) is 28.6 Å². The van der Waals surface area contributed by atoms with Crippen molar-refractivity contribution in [1.82, 2.24) is 19.7 Å². The molecule has 154 valence electrons. The Morgan fingerprint density at radius 3 is 2.80 bits per heavy atom. The topological polar surface area (TPSA) is 72.7 Å². The molecule has 1 aromatic carbocycles. The highest BCUT2D eigenvalue weighted by Gasteiger charge is 2.29. The Kier molecular flexibility index (Phi) is 4.50. The second-order valence-corrected chi connectivity index (χ2v) is 8.67. The van der Waals surface area contributed by atoms with Gasteiger partial charge in [-0.2, -0.15) is 5.10 Å². The number of aryl methyl sites for hydroxylation is 2. The number of para-hydroxylation sites is 1. The predicted octanol–water partition coefficient (Wildman–Crippen LogP) is 5.11. The number of rotatable bonds is 5. The van der Waals surface area contributed by atoms with Gasteiger partial charge in [-0.1, -0.05) is 23.5 Å². The lowest BCUT2D eigenvalue weighted by Crippen LogP contribution is -2.19. The molecule has 0 spiro atoms. The third-order valence-electron chi connectivity index (χ3n) is 5.32. The molecule has 1 aliphatic rings. The van der Waals surface area contributed by atoms with Gasteiger partial charge in [0.1, 0.15) is 6.54 Å². The van der Waals surface area contributed by atoms with Crippen LogP contribution >= 0.6 is 11.3 Å². The van der Waals surface area contributed by atoms with E-state index < -0.39 is 6.43 Å². The van der Waals surface area contributed by atoms with Crippen LogP contribution in [0, 0.1) is 13.8 Å². The van der Waals surface area contributed by atoms with Crippen molar-refractivity contribution in [3.63, 3.8) is 0 Å². The average molecular weight is 427 g/mol. The monoisotopic (exact) mass is 427 g/mol. The van der Waals surface area contributed by atoms with Crippen molar-refractivity contribution in [3.8, 4) is 0 Å². The van der Waals surface area contributed by atoms with Crippen LogP contribution in [0.25, 0.3) is 21.3 Å². The highest BCUT2D eigenvalue weighted by molar-refractivity contribution is 7.22. The summed E-state index contributed by atoms with van der Waals surface area (Å²) in [6, 6.07) is 7.36. The van der Waals surface area contributed by atoms with E-state index in [-0.39, 0.29) is 23.9 Å². The lowest BCUT2D eigenvalue weighted by atomic mass is 10.1. The first-order valence-electron chi connectivity index (χ1n) is 9.73. The Hall–Kier alpha value is -2.94. The van der Waals surface area contributed by atoms with Gasteiger partial charge in [0.05, 0.1) is 21.3 Å². The number of fused-ring (bicyclic) bond motifs is 2. The molecule has 1 N–H and O–H groups in total. The Bertz CT molecular complexity index is 1290. The number of carbonyl (C=O) groups excluding carboxylic acids is 1. The van der Waals surface area contributed by atoms with Crippen LogP contribution in [0.15, 0.2) is 24.3 Å². The normalized spacial score (nSPS) is 14.2. The van der Waals surface area contributed by atoms with Crippen LogP contribution in [0.1, 0.15) is 47.7 Å². The minimum Gasteiger partial charge on any atom is -0.300 e. The molecule has 3 aromatic heterocycles. The van der Waals surface area contributed by atoms with Crippen LogP contribution in [0.5, 0.6) is 0 Å². The molecule has 0 radical (unpaired) electrons. The number of amides is 1. The first kappa shape index (κ1) is 19.0. The molecule has 1 fully saturated rings. The lowest BCUT2D eigenvalue weighted by Gasteiger charge is -2.08. The van der Waals surface area contributed by atoms with Gasteiger partial charge in [-0.15, -0.1) is 0 Å². The fourth-order valence-electron chi connectivity index (χ4n) is 3.71. The number of thiazole rings is 1. The SMILES string of the molecule is Cc1cccc2sc(NC(=O)Cn3nc(C)c4c(C(F)F)cc(C5CC5)nc43)nc12. The van der Waals surface area contributed by atoms with Crippen LogP contribution in [-0.2, 0) is 11.3 Å². The molecule has 0 saturated heterocycles. The number of hydrogen-bond donors (Lipinski definition) is 1. The summed E-state index contributed by atoms with van der Waals surface area (Å²) in [7, 11) is 0. The molecule has 3 heterocycles. The molecule has 30 heavy (non-hydrogen) atoms. The third-order valence-corrected chi connectivity index (χ3v) is 6.25. The fourth-order valence-corrected chi connectivity index (χ4v) is 4.67. The highest BCUT2D eigenvalue weighted by Crippen LogP contribution is 2.42. The molecule has 5 rings (SSSR count). The number of nitrogens with one attached hydrogen (secondary N) is 1. The lowest BCUT2D eigenvalue weighted by molar-refractivity contribution is -0.116. The zero-order valence-corrected chi connectivity index (χ0v) is 17.3. The molecule has 9 heteroatoms. The van der Waals surface area contributed by atoms with Crippen LogP contribution in [0.2, 0.25) is 0 Å². The third kappa shape index (κ3) is 3.32. The van der Waals surface area contributed by atoms with Crippen LogP contribution in [-0.4, -0.2) is 25.7 Å². The maximum atomic E-state index is 13.7. The predicted molar refractivity (Wildman–Crippen MR) is 112 cm³/mol. The van der Waals surface area contributed by atoms with Gasteiger partial charge < -0.3 is 5.32 Å². The highest BCUT2D eigenvalue weighted by atomic mass is 32.1. The van der Waals surface area contributed by atoms with E-state index >= 15 is 0 Å². The average Bonchev–Trinajstić information content (AvgIpc) is 3.40.